The van der Waals surface area contributed by atoms with Gasteiger partial charge in [0.15, 0.2) is 5.96 Å². The first-order valence-electron chi connectivity index (χ1n) is 10.5. The summed E-state index contributed by atoms with van der Waals surface area (Å²) in [7, 11) is 1.79. The summed E-state index contributed by atoms with van der Waals surface area (Å²) in [4.78, 5) is 9.01. The Kier molecular flexibility index (Phi) is 6.02. The van der Waals surface area contributed by atoms with E-state index in [0.717, 1.165) is 58.5 Å². The molecule has 2 aromatic carbocycles. The van der Waals surface area contributed by atoms with Crippen LogP contribution in [0.4, 0.5) is 0 Å². The largest absolute Gasteiger partial charge is 0.355 e. The van der Waals surface area contributed by atoms with E-state index >= 15 is 0 Å². The summed E-state index contributed by atoms with van der Waals surface area (Å²) in [5, 5.41) is 11.5. The summed E-state index contributed by atoms with van der Waals surface area (Å²) >= 11 is 0. The van der Waals surface area contributed by atoms with E-state index < -0.39 is 0 Å². The number of aromatic nitrogens is 4. The minimum absolute atomic E-state index is 0.654. The zero-order valence-corrected chi connectivity index (χ0v) is 18.6. The van der Waals surface area contributed by atoms with Crippen LogP contribution >= 0.6 is 0 Å². The van der Waals surface area contributed by atoms with E-state index in [1.54, 1.807) is 7.05 Å². The normalized spacial score (nSPS) is 11.8. The number of imidazole rings is 1. The van der Waals surface area contributed by atoms with Crippen LogP contribution in [0, 0.1) is 20.8 Å². The summed E-state index contributed by atoms with van der Waals surface area (Å²) in [6.45, 7) is 8.35. The second-order valence-corrected chi connectivity index (χ2v) is 7.62. The highest BCUT2D eigenvalue weighted by molar-refractivity contribution is 5.80. The first-order chi connectivity index (χ1) is 15.1. The molecule has 0 saturated carbocycles. The van der Waals surface area contributed by atoms with Gasteiger partial charge in [-0.1, -0.05) is 30.3 Å². The number of nitrogens with one attached hydrogen (secondary N) is 2. The van der Waals surface area contributed by atoms with Crippen molar-refractivity contribution in [1.82, 2.24) is 30.0 Å². The summed E-state index contributed by atoms with van der Waals surface area (Å²) in [5.41, 5.74) is 6.56. The van der Waals surface area contributed by atoms with Gasteiger partial charge in [-0.05, 0) is 50.6 Å². The molecular weight excluding hydrogens is 386 g/mol. The first kappa shape index (κ1) is 20.7. The number of para-hydroxylation sites is 3. The number of benzene rings is 2. The Morgan fingerprint density at radius 1 is 1.00 bits per heavy atom. The number of hydrogen-bond acceptors (Lipinski definition) is 3. The van der Waals surface area contributed by atoms with Crippen LogP contribution in [0.2, 0.25) is 0 Å². The third-order valence-electron chi connectivity index (χ3n) is 5.37. The fraction of sp³-hybridized carbons (Fsp3) is 0.292. The molecule has 0 aliphatic carbocycles. The van der Waals surface area contributed by atoms with Gasteiger partial charge >= 0.3 is 0 Å². The fourth-order valence-electron chi connectivity index (χ4n) is 3.90. The smallest absolute Gasteiger partial charge is 0.191 e. The number of guanidine groups is 1. The van der Waals surface area contributed by atoms with Gasteiger partial charge in [0.05, 0.1) is 22.4 Å². The van der Waals surface area contributed by atoms with Crippen molar-refractivity contribution in [2.24, 2.45) is 4.99 Å². The number of nitrogens with zero attached hydrogens (tertiary/aromatic N) is 5. The van der Waals surface area contributed by atoms with Crippen molar-refractivity contribution < 1.29 is 0 Å². The number of aliphatic imine (C=N–C) groups is 1. The highest BCUT2D eigenvalue weighted by Crippen LogP contribution is 2.17. The van der Waals surface area contributed by atoms with Crippen LogP contribution in [-0.4, -0.2) is 38.9 Å². The highest BCUT2D eigenvalue weighted by Gasteiger charge is 2.10. The molecule has 0 spiro atoms. The van der Waals surface area contributed by atoms with Crippen LogP contribution in [0.5, 0.6) is 0 Å². The van der Waals surface area contributed by atoms with Crippen LogP contribution in [0.1, 0.15) is 22.8 Å². The molecule has 31 heavy (non-hydrogen) atoms. The van der Waals surface area contributed by atoms with Gasteiger partial charge < -0.3 is 15.2 Å². The molecule has 160 valence electrons. The number of rotatable bonds is 6. The molecular formula is C24H29N7. The lowest BCUT2D eigenvalue weighted by Gasteiger charge is -2.15. The van der Waals surface area contributed by atoms with Crippen molar-refractivity contribution in [2.75, 3.05) is 13.6 Å². The minimum Gasteiger partial charge on any atom is -0.355 e. The average Bonchev–Trinajstić information content (AvgIpc) is 3.28. The third-order valence-corrected chi connectivity index (χ3v) is 5.37. The molecule has 2 aromatic heterocycles. The third kappa shape index (κ3) is 4.45. The van der Waals surface area contributed by atoms with Crippen molar-refractivity contribution in [3.05, 3.63) is 77.4 Å². The lowest BCUT2D eigenvalue weighted by Crippen LogP contribution is -2.38. The van der Waals surface area contributed by atoms with Crippen molar-refractivity contribution in [2.45, 2.75) is 33.9 Å². The molecule has 0 saturated heterocycles. The molecule has 4 aromatic rings. The maximum Gasteiger partial charge on any atom is 0.191 e. The van der Waals surface area contributed by atoms with Gasteiger partial charge in [-0.3, -0.25) is 4.99 Å². The SMILES string of the molecule is CN=C(NCCn1c(C)nc2ccccc21)NCc1ccccc1-n1nc(C)cc1C. The Hall–Kier alpha value is -3.61. The zero-order valence-electron chi connectivity index (χ0n) is 18.6. The Morgan fingerprint density at radius 3 is 2.55 bits per heavy atom. The van der Waals surface area contributed by atoms with Crippen molar-refractivity contribution >= 4 is 17.0 Å². The van der Waals surface area contributed by atoms with Gasteiger partial charge in [0.25, 0.3) is 0 Å². The maximum absolute atomic E-state index is 4.64. The standard InChI is InChI=1S/C24H29N7/c1-17-15-18(2)31(29-17)22-11-7-5-9-20(22)16-27-24(25-4)26-13-14-30-19(3)28-21-10-6-8-12-23(21)30/h5-12,15H,13-14,16H2,1-4H3,(H2,25,26,27). The highest BCUT2D eigenvalue weighted by atomic mass is 15.3. The van der Waals surface area contributed by atoms with Crippen LogP contribution < -0.4 is 10.6 Å². The molecule has 4 rings (SSSR count). The fourth-order valence-corrected chi connectivity index (χ4v) is 3.90. The van der Waals surface area contributed by atoms with Crippen LogP contribution in [0.3, 0.4) is 0 Å². The second-order valence-electron chi connectivity index (χ2n) is 7.62. The number of hydrogen-bond donors (Lipinski definition) is 2. The summed E-state index contributed by atoms with van der Waals surface area (Å²) < 4.78 is 4.23. The molecule has 0 unspecified atom stereocenters. The zero-order chi connectivity index (χ0) is 21.8. The average molecular weight is 416 g/mol. The van der Waals surface area contributed by atoms with E-state index in [1.165, 1.54) is 0 Å². The lowest BCUT2D eigenvalue weighted by molar-refractivity contribution is 0.659. The molecule has 2 heterocycles. The van der Waals surface area contributed by atoms with Crippen LogP contribution in [0.15, 0.2) is 59.6 Å². The van der Waals surface area contributed by atoms with Gasteiger partial charge in [-0.15, -0.1) is 0 Å². The summed E-state index contributed by atoms with van der Waals surface area (Å²) in [5.74, 6) is 1.79. The molecule has 0 atom stereocenters. The Balaban J connectivity index is 1.40. The molecule has 7 nitrogen and oxygen atoms in total. The Morgan fingerprint density at radius 2 is 1.77 bits per heavy atom. The monoisotopic (exact) mass is 415 g/mol. The molecule has 0 fully saturated rings. The Labute approximate surface area is 182 Å². The van der Waals surface area contributed by atoms with Crippen LogP contribution in [0.25, 0.3) is 16.7 Å². The summed E-state index contributed by atoms with van der Waals surface area (Å²) in [6.07, 6.45) is 0. The molecule has 0 bridgehead atoms. The molecule has 0 aliphatic heterocycles. The van der Waals surface area contributed by atoms with Crippen LogP contribution in [-0.2, 0) is 13.1 Å². The van der Waals surface area contributed by atoms with Gasteiger partial charge in [0, 0.05) is 32.4 Å². The number of aryl methyl sites for hydroxylation is 3. The van der Waals surface area contributed by atoms with E-state index in [1.807, 2.05) is 42.8 Å². The van der Waals surface area contributed by atoms with E-state index in [0.29, 0.717) is 6.54 Å². The molecule has 0 aliphatic rings. The molecule has 7 heteroatoms. The van der Waals surface area contributed by atoms with E-state index in [9.17, 15) is 0 Å². The minimum atomic E-state index is 0.654. The van der Waals surface area contributed by atoms with Crippen molar-refractivity contribution in [1.29, 1.82) is 0 Å². The predicted molar refractivity (Wildman–Crippen MR) is 126 cm³/mol. The maximum atomic E-state index is 4.64. The van der Waals surface area contributed by atoms with Gasteiger partial charge in [-0.25, -0.2) is 9.67 Å². The topological polar surface area (TPSA) is 72.1 Å². The molecule has 2 N–H and O–H groups in total. The van der Waals surface area contributed by atoms with E-state index in [-0.39, 0.29) is 0 Å². The quantitative estimate of drug-likeness (QED) is 0.373. The van der Waals surface area contributed by atoms with Gasteiger partial charge in [0.2, 0.25) is 0 Å². The van der Waals surface area contributed by atoms with Gasteiger partial charge in [-0.2, -0.15) is 5.10 Å². The second kappa shape index (κ2) is 9.04. The van der Waals surface area contributed by atoms with Gasteiger partial charge in [0.1, 0.15) is 5.82 Å². The molecule has 0 radical (unpaired) electrons. The molecule has 0 amide bonds. The Bertz CT molecular complexity index is 1220. The van der Waals surface area contributed by atoms with E-state index in [4.69, 9.17) is 0 Å². The predicted octanol–water partition coefficient (Wildman–Crippen LogP) is 3.51. The number of fused-ring (bicyclic) bond motifs is 1. The van der Waals surface area contributed by atoms with Crippen molar-refractivity contribution in [3.63, 3.8) is 0 Å². The van der Waals surface area contributed by atoms with E-state index in [2.05, 4.69) is 67.5 Å². The van der Waals surface area contributed by atoms with Crippen molar-refractivity contribution in [3.8, 4) is 5.69 Å². The first-order valence-corrected chi connectivity index (χ1v) is 10.5. The lowest BCUT2D eigenvalue weighted by atomic mass is 10.1. The summed E-state index contributed by atoms with van der Waals surface area (Å²) in [6, 6.07) is 18.6.